The Morgan fingerprint density at radius 1 is 0.929 bits per heavy atom. The Labute approximate surface area is 168 Å². The minimum Gasteiger partial charge on any atom is -0.356 e. The molecule has 2 aromatic rings. The zero-order valence-corrected chi connectivity index (χ0v) is 17.6. The van der Waals surface area contributed by atoms with Gasteiger partial charge in [-0.15, -0.1) is 0 Å². The second kappa shape index (κ2) is 9.54. The van der Waals surface area contributed by atoms with Crippen LogP contribution in [-0.4, -0.2) is 18.4 Å². The summed E-state index contributed by atoms with van der Waals surface area (Å²) < 4.78 is 0. The summed E-state index contributed by atoms with van der Waals surface area (Å²) in [4.78, 5) is 24.5. The van der Waals surface area contributed by atoms with E-state index in [1.165, 1.54) is 11.1 Å². The van der Waals surface area contributed by atoms with Crippen molar-refractivity contribution in [2.24, 2.45) is 5.41 Å². The van der Waals surface area contributed by atoms with Gasteiger partial charge in [-0.05, 0) is 42.5 Å². The van der Waals surface area contributed by atoms with Gasteiger partial charge in [0.2, 0.25) is 11.8 Å². The van der Waals surface area contributed by atoms with Gasteiger partial charge in [0.15, 0.2) is 0 Å². The lowest BCUT2D eigenvalue weighted by atomic mass is 9.95. The number of carbonyl (C=O) groups is 2. The minimum atomic E-state index is -0.413. The van der Waals surface area contributed by atoms with E-state index in [1.807, 2.05) is 51.1 Å². The highest BCUT2D eigenvalue weighted by Gasteiger charge is 2.21. The molecule has 0 saturated heterocycles. The molecule has 2 N–H and O–H groups in total. The van der Waals surface area contributed by atoms with Gasteiger partial charge >= 0.3 is 0 Å². The molecule has 0 aliphatic carbocycles. The molecule has 150 valence electrons. The molecule has 0 aliphatic rings. The number of benzene rings is 2. The summed E-state index contributed by atoms with van der Waals surface area (Å²) in [6, 6.07) is 16.1. The number of amides is 2. The van der Waals surface area contributed by atoms with Crippen molar-refractivity contribution in [2.45, 2.75) is 53.5 Å². The average molecular weight is 381 g/mol. The highest BCUT2D eigenvalue weighted by molar-refractivity contribution is 5.81. The van der Waals surface area contributed by atoms with E-state index in [9.17, 15) is 9.59 Å². The van der Waals surface area contributed by atoms with Crippen LogP contribution < -0.4 is 10.6 Å². The third kappa shape index (κ3) is 6.22. The van der Waals surface area contributed by atoms with Gasteiger partial charge in [0, 0.05) is 18.4 Å². The highest BCUT2D eigenvalue weighted by atomic mass is 16.2. The van der Waals surface area contributed by atoms with Crippen LogP contribution in [0, 0.1) is 19.3 Å². The molecule has 0 aromatic heterocycles. The van der Waals surface area contributed by atoms with Gasteiger partial charge in [0.25, 0.3) is 0 Å². The predicted molar refractivity (Wildman–Crippen MR) is 114 cm³/mol. The number of hydrogen-bond acceptors (Lipinski definition) is 2. The topological polar surface area (TPSA) is 58.2 Å². The summed E-state index contributed by atoms with van der Waals surface area (Å²) in [5.41, 5.74) is 4.15. The van der Waals surface area contributed by atoms with E-state index >= 15 is 0 Å². The van der Waals surface area contributed by atoms with Crippen molar-refractivity contribution in [3.05, 3.63) is 70.8 Å². The maximum absolute atomic E-state index is 12.6. The van der Waals surface area contributed by atoms with Crippen LogP contribution in [0.5, 0.6) is 0 Å². The van der Waals surface area contributed by atoms with Crippen LogP contribution in [-0.2, 0) is 9.59 Å². The Balaban J connectivity index is 2.01. The molecule has 2 aromatic carbocycles. The molecule has 0 bridgehead atoms. The molecule has 1 atom stereocenters. The number of aryl methyl sites for hydroxylation is 2. The molecule has 2 amide bonds. The van der Waals surface area contributed by atoms with Crippen molar-refractivity contribution in [1.29, 1.82) is 0 Å². The van der Waals surface area contributed by atoms with Gasteiger partial charge in [0.05, 0.1) is 6.04 Å². The maximum atomic E-state index is 12.6. The molecule has 0 spiro atoms. The molecule has 0 saturated carbocycles. The molecule has 0 radical (unpaired) electrons. The molecule has 0 fully saturated rings. The van der Waals surface area contributed by atoms with Crippen LogP contribution in [0.1, 0.15) is 61.9 Å². The monoisotopic (exact) mass is 380 g/mol. The summed E-state index contributed by atoms with van der Waals surface area (Å²) in [5, 5.41) is 6.05. The van der Waals surface area contributed by atoms with Gasteiger partial charge in [-0.25, -0.2) is 0 Å². The minimum absolute atomic E-state index is 0.00482. The van der Waals surface area contributed by atoms with Crippen LogP contribution in [0.3, 0.4) is 0 Å². The molecule has 28 heavy (non-hydrogen) atoms. The first-order chi connectivity index (χ1) is 13.2. The summed E-state index contributed by atoms with van der Waals surface area (Å²) in [5.74, 6) is -0.0118. The summed E-state index contributed by atoms with van der Waals surface area (Å²) >= 11 is 0. The Morgan fingerprint density at radius 2 is 1.61 bits per heavy atom. The van der Waals surface area contributed by atoms with E-state index in [0.717, 1.165) is 11.1 Å². The Morgan fingerprint density at radius 3 is 2.21 bits per heavy atom. The van der Waals surface area contributed by atoms with Crippen molar-refractivity contribution < 1.29 is 9.59 Å². The number of rotatable bonds is 7. The second-order valence-electron chi connectivity index (χ2n) is 8.36. The number of nitrogens with one attached hydrogen (secondary N) is 2. The molecular weight excluding hydrogens is 348 g/mol. The summed E-state index contributed by atoms with van der Waals surface area (Å²) in [6.07, 6.45) is 0.987. The van der Waals surface area contributed by atoms with Crippen LogP contribution in [0.15, 0.2) is 48.5 Å². The van der Waals surface area contributed by atoms with Crippen LogP contribution in [0.2, 0.25) is 0 Å². The Hall–Kier alpha value is -2.62. The number of hydrogen-bond donors (Lipinski definition) is 2. The Kier molecular flexibility index (Phi) is 7.38. The summed E-state index contributed by atoms with van der Waals surface area (Å²) in [7, 11) is 0. The smallest absolute Gasteiger partial charge is 0.225 e. The largest absolute Gasteiger partial charge is 0.356 e. The first kappa shape index (κ1) is 21.7. The van der Waals surface area contributed by atoms with E-state index in [0.29, 0.717) is 19.4 Å². The fourth-order valence-corrected chi connectivity index (χ4v) is 2.90. The predicted octanol–water partition coefficient (Wildman–Crippen LogP) is 4.45. The van der Waals surface area contributed by atoms with Crippen LogP contribution in [0.4, 0.5) is 0 Å². The first-order valence-corrected chi connectivity index (χ1v) is 9.88. The van der Waals surface area contributed by atoms with Crippen molar-refractivity contribution in [2.75, 3.05) is 6.54 Å². The molecular formula is C24H32N2O2. The molecule has 0 heterocycles. The van der Waals surface area contributed by atoms with Crippen molar-refractivity contribution in [3.8, 4) is 0 Å². The van der Waals surface area contributed by atoms with Crippen LogP contribution >= 0.6 is 0 Å². The quantitative estimate of drug-likeness (QED) is 0.697. The van der Waals surface area contributed by atoms with E-state index in [4.69, 9.17) is 0 Å². The zero-order valence-electron chi connectivity index (χ0n) is 17.6. The molecule has 4 heteroatoms. The Bertz CT molecular complexity index is 807. The van der Waals surface area contributed by atoms with Crippen molar-refractivity contribution in [1.82, 2.24) is 10.6 Å². The average Bonchev–Trinajstić information content (AvgIpc) is 2.65. The van der Waals surface area contributed by atoms with E-state index < -0.39 is 5.41 Å². The SMILES string of the molecule is Cc1ccc([C@H](NC(=O)CCCNC(=O)C(C)(C)C)c2ccccc2)cc1C. The van der Waals surface area contributed by atoms with Gasteiger partial charge in [-0.3, -0.25) is 9.59 Å². The second-order valence-corrected chi connectivity index (χ2v) is 8.36. The lowest BCUT2D eigenvalue weighted by molar-refractivity contribution is -0.128. The fraction of sp³-hybridized carbons (Fsp3) is 0.417. The van der Waals surface area contributed by atoms with Gasteiger partial charge < -0.3 is 10.6 Å². The van der Waals surface area contributed by atoms with Crippen LogP contribution in [0.25, 0.3) is 0 Å². The summed E-state index contributed by atoms with van der Waals surface area (Å²) in [6.45, 7) is 10.3. The van der Waals surface area contributed by atoms with Gasteiger partial charge in [-0.1, -0.05) is 69.3 Å². The molecule has 0 unspecified atom stereocenters. The van der Waals surface area contributed by atoms with Gasteiger partial charge in [-0.2, -0.15) is 0 Å². The lowest BCUT2D eigenvalue weighted by Gasteiger charge is -2.21. The zero-order chi connectivity index (χ0) is 20.7. The van der Waals surface area contributed by atoms with E-state index in [2.05, 4.69) is 42.7 Å². The molecule has 0 aliphatic heterocycles. The number of carbonyl (C=O) groups excluding carboxylic acids is 2. The van der Waals surface area contributed by atoms with Gasteiger partial charge in [0.1, 0.15) is 0 Å². The van der Waals surface area contributed by atoms with E-state index in [-0.39, 0.29) is 17.9 Å². The first-order valence-electron chi connectivity index (χ1n) is 9.88. The van der Waals surface area contributed by atoms with Crippen molar-refractivity contribution in [3.63, 3.8) is 0 Å². The van der Waals surface area contributed by atoms with Crippen molar-refractivity contribution >= 4 is 11.8 Å². The molecule has 2 rings (SSSR count). The molecule has 4 nitrogen and oxygen atoms in total. The third-order valence-electron chi connectivity index (χ3n) is 4.85. The normalized spacial score (nSPS) is 12.3. The van der Waals surface area contributed by atoms with E-state index in [1.54, 1.807) is 0 Å². The third-order valence-corrected chi connectivity index (χ3v) is 4.85. The fourth-order valence-electron chi connectivity index (χ4n) is 2.90. The standard InChI is InChI=1S/C24H32N2O2/c1-17-13-14-20(16-18(17)2)22(19-10-7-6-8-11-19)26-21(27)12-9-15-25-23(28)24(3,4)5/h6-8,10-11,13-14,16,22H,9,12,15H2,1-5H3,(H,25,28)(H,26,27)/t22-/m1/s1. The highest BCUT2D eigenvalue weighted by Crippen LogP contribution is 2.24. The maximum Gasteiger partial charge on any atom is 0.225 e. The lowest BCUT2D eigenvalue weighted by Crippen LogP contribution is -2.36.